The Morgan fingerprint density at radius 2 is 2.33 bits per heavy atom. The largest absolute Gasteiger partial charge is 0.409 e. The van der Waals surface area contributed by atoms with Crippen molar-refractivity contribution in [3.63, 3.8) is 0 Å². The molecule has 2 rings (SSSR count). The van der Waals surface area contributed by atoms with Crippen molar-refractivity contribution in [1.29, 1.82) is 0 Å². The van der Waals surface area contributed by atoms with E-state index in [1.165, 1.54) is 10.9 Å². The van der Waals surface area contributed by atoms with Crippen molar-refractivity contribution in [2.45, 2.75) is 6.42 Å². The van der Waals surface area contributed by atoms with Crippen LogP contribution in [0.25, 0.3) is 0 Å². The normalized spacial score (nSPS) is 11.4. The zero-order valence-corrected chi connectivity index (χ0v) is 12.0. The van der Waals surface area contributed by atoms with Crippen LogP contribution in [0, 0.1) is 0 Å². The van der Waals surface area contributed by atoms with E-state index in [4.69, 9.17) is 22.5 Å². The molecule has 0 aliphatic rings. The highest BCUT2D eigenvalue weighted by Gasteiger charge is 2.15. The predicted octanol–water partition coefficient (Wildman–Crippen LogP) is 1.35. The number of oxime groups is 1. The fraction of sp³-hybridized carbons (Fsp3) is 0.154. The van der Waals surface area contributed by atoms with Gasteiger partial charge in [-0.15, -0.1) is 0 Å². The van der Waals surface area contributed by atoms with Crippen LogP contribution in [0.3, 0.4) is 0 Å². The number of nitrogens with two attached hydrogens (primary N) is 1. The van der Waals surface area contributed by atoms with Crippen LogP contribution in [0.2, 0.25) is 5.02 Å². The van der Waals surface area contributed by atoms with Gasteiger partial charge in [-0.2, -0.15) is 5.10 Å². The maximum Gasteiger partial charge on any atom is 0.229 e. The third-order valence-electron chi connectivity index (χ3n) is 2.83. The van der Waals surface area contributed by atoms with Crippen LogP contribution in [0.1, 0.15) is 11.1 Å². The van der Waals surface area contributed by atoms with Crippen LogP contribution in [0.4, 0.5) is 5.82 Å². The van der Waals surface area contributed by atoms with E-state index in [1.54, 1.807) is 31.3 Å². The highest BCUT2D eigenvalue weighted by atomic mass is 35.5. The van der Waals surface area contributed by atoms with Gasteiger partial charge in [0.25, 0.3) is 0 Å². The monoisotopic (exact) mass is 307 g/mol. The number of amides is 1. The molecule has 0 atom stereocenters. The molecule has 21 heavy (non-hydrogen) atoms. The summed E-state index contributed by atoms with van der Waals surface area (Å²) < 4.78 is 1.43. The first kappa shape index (κ1) is 14.9. The molecule has 110 valence electrons. The predicted molar refractivity (Wildman–Crippen MR) is 79.5 cm³/mol. The van der Waals surface area contributed by atoms with Gasteiger partial charge >= 0.3 is 0 Å². The van der Waals surface area contributed by atoms with E-state index in [0.29, 0.717) is 16.4 Å². The van der Waals surface area contributed by atoms with Gasteiger partial charge in [0, 0.05) is 12.1 Å². The maximum absolute atomic E-state index is 12.1. The molecule has 4 N–H and O–H groups in total. The number of hydrogen-bond donors (Lipinski definition) is 3. The first-order valence-electron chi connectivity index (χ1n) is 6.05. The van der Waals surface area contributed by atoms with Crippen molar-refractivity contribution in [2.24, 2.45) is 17.9 Å². The van der Waals surface area contributed by atoms with Crippen LogP contribution < -0.4 is 11.1 Å². The van der Waals surface area contributed by atoms with Gasteiger partial charge in [0.1, 0.15) is 5.82 Å². The van der Waals surface area contributed by atoms with Gasteiger partial charge in [0.2, 0.25) is 5.91 Å². The molecule has 0 aliphatic heterocycles. The summed E-state index contributed by atoms with van der Waals surface area (Å²) in [5.74, 6) is -0.0219. The molecule has 1 aromatic heterocycles. The number of benzene rings is 1. The number of amidine groups is 1. The smallest absolute Gasteiger partial charge is 0.229 e. The summed E-state index contributed by atoms with van der Waals surface area (Å²) in [6.07, 6.45) is 1.56. The lowest BCUT2D eigenvalue weighted by Gasteiger charge is -2.08. The molecule has 0 saturated carbocycles. The van der Waals surface area contributed by atoms with Crippen molar-refractivity contribution in [3.05, 3.63) is 46.6 Å². The Labute approximate surface area is 126 Å². The summed E-state index contributed by atoms with van der Waals surface area (Å²) in [5.41, 5.74) is 6.67. The molecule has 0 aliphatic carbocycles. The Bertz CT molecular complexity index is 696. The van der Waals surface area contributed by atoms with Crippen molar-refractivity contribution in [1.82, 2.24) is 9.78 Å². The van der Waals surface area contributed by atoms with E-state index in [0.717, 1.165) is 5.56 Å². The van der Waals surface area contributed by atoms with Crippen LogP contribution in [-0.4, -0.2) is 26.7 Å². The van der Waals surface area contributed by atoms with E-state index in [-0.39, 0.29) is 18.2 Å². The number of anilines is 1. The molecule has 1 aromatic carbocycles. The molecular weight excluding hydrogens is 294 g/mol. The summed E-state index contributed by atoms with van der Waals surface area (Å²) in [4.78, 5) is 12.1. The lowest BCUT2D eigenvalue weighted by molar-refractivity contribution is -0.115. The standard InChI is InChI=1S/C13H14ClN5O2/c1-19-13(10(7-16-19)12(15)18-21)17-11(20)6-8-3-2-4-9(14)5-8/h2-5,7,21H,6H2,1H3,(H2,15,18)(H,17,20). The zero-order valence-electron chi connectivity index (χ0n) is 11.2. The molecule has 0 fully saturated rings. The lowest BCUT2D eigenvalue weighted by Crippen LogP contribution is -2.21. The van der Waals surface area contributed by atoms with Gasteiger partial charge in [0.05, 0.1) is 18.2 Å². The Balaban J connectivity index is 2.15. The lowest BCUT2D eigenvalue weighted by atomic mass is 10.1. The number of halogens is 1. The number of aryl methyl sites for hydroxylation is 1. The van der Waals surface area contributed by atoms with Gasteiger partial charge in [-0.25, -0.2) is 0 Å². The van der Waals surface area contributed by atoms with Crippen LogP contribution >= 0.6 is 11.6 Å². The molecule has 1 amide bonds. The molecular formula is C13H14ClN5O2. The summed E-state index contributed by atoms with van der Waals surface area (Å²) in [6, 6.07) is 7.03. The van der Waals surface area contributed by atoms with Crippen molar-refractivity contribution in [3.8, 4) is 0 Å². The fourth-order valence-electron chi connectivity index (χ4n) is 1.84. The van der Waals surface area contributed by atoms with Crippen molar-refractivity contribution >= 4 is 29.2 Å². The topological polar surface area (TPSA) is 106 Å². The van der Waals surface area contributed by atoms with Gasteiger partial charge in [0.15, 0.2) is 5.84 Å². The summed E-state index contributed by atoms with van der Waals surface area (Å²) in [7, 11) is 1.64. The molecule has 8 heteroatoms. The van der Waals surface area contributed by atoms with Crippen LogP contribution in [-0.2, 0) is 18.3 Å². The highest BCUT2D eigenvalue weighted by Crippen LogP contribution is 2.15. The average Bonchev–Trinajstić information content (AvgIpc) is 2.79. The average molecular weight is 308 g/mol. The van der Waals surface area contributed by atoms with Crippen LogP contribution in [0.5, 0.6) is 0 Å². The molecule has 0 radical (unpaired) electrons. The number of aromatic nitrogens is 2. The second-order valence-electron chi connectivity index (χ2n) is 4.37. The van der Waals surface area contributed by atoms with Gasteiger partial charge < -0.3 is 16.3 Å². The van der Waals surface area contributed by atoms with Crippen molar-refractivity contribution in [2.75, 3.05) is 5.32 Å². The number of carbonyl (C=O) groups is 1. The summed E-state index contributed by atoms with van der Waals surface area (Å²) in [6.45, 7) is 0. The van der Waals surface area contributed by atoms with E-state index in [2.05, 4.69) is 15.6 Å². The van der Waals surface area contributed by atoms with Crippen LogP contribution in [0.15, 0.2) is 35.6 Å². The Morgan fingerprint density at radius 1 is 1.57 bits per heavy atom. The molecule has 2 aromatic rings. The minimum Gasteiger partial charge on any atom is -0.409 e. The fourth-order valence-corrected chi connectivity index (χ4v) is 2.05. The van der Waals surface area contributed by atoms with E-state index >= 15 is 0 Å². The first-order valence-corrected chi connectivity index (χ1v) is 6.43. The number of rotatable bonds is 4. The number of hydrogen-bond acceptors (Lipinski definition) is 4. The quantitative estimate of drug-likeness (QED) is 0.343. The van der Waals surface area contributed by atoms with Gasteiger partial charge in [-0.05, 0) is 17.7 Å². The number of carbonyl (C=O) groups excluding carboxylic acids is 1. The highest BCUT2D eigenvalue weighted by molar-refractivity contribution is 6.30. The summed E-state index contributed by atoms with van der Waals surface area (Å²) >= 11 is 5.88. The molecule has 0 saturated heterocycles. The maximum atomic E-state index is 12.1. The second-order valence-corrected chi connectivity index (χ2v) is 4.81. The Morgan fingerprint density at radius 3 is 3.00 bits per heavy atom. The van der Waals surface area contributed by atoms with E-state index in [1.807, 2.05) is 0 Å². The van der Waals surface area contributed by atoms with E-state index in [9.17, 15) is 4.79 Å². The molecule has 0 unspecified atom stereocenters. The Kier molecular flexibility index (Phi) is 4.44. The molecule has 1 heterocycles. The number of nitrogens with one attached hydrogen (secondary N) is 1. The Hall–Kier alpha value is -2.54. The second kappa shape index (κ2) is 6.27. The first-order chi connectivity index (χ1) is 10.0. The molecule has 0 bridgehead atoms. The number of nitrogens with zero attached hydrogens (tertiary/aromatic N) is 3. The zero-order chi connectivity index (χ0) is 15.4. The van der Waals surface area contributed by atoms with E-state index < -0.39 is 0 Å². The van der Waals surface area contributed by atoms with Gasteiger partial charge in [-0.3, -0.25) is 9.48 Å². The molecule has 7 nitrogen and oxygen atoms in total. The minimum absolute atomic E-state index is 0.124. The SMILES string of the molecule is Cn1ncc(C(N)=NO)c1NC(=O)Cc1cccc(Cl)c1. The van der Waals surface area contributed by atoms with Gasteiger partial charge in [-0.1, -0.05) is 28.9 Å². The molecule has 0 spiro atoms. The third-order valence-corrected chi connectivity index (χ3v) is 3.07. The van der Waals surface area contributed by atoms with Crippen molar-refractivity contribution < 1.29 is 10.0 Å². The summed E-state index contributed by atoms with van der Waals surface area (Å²) in [5, 5.41) is 18.9. The minimum atomic E-state index is -0.257. The third kappa shape index (κ3) is 3.51.